The van der Waals surface area contributed by atoms with Crippen molar-refractivity contribution >= 4 is 6.29 Å². The average Bonchev–Trinajstić information content (AvgIpc) is 2.06. The van der Waals surface area contributed by atoms with Crippen LogP contribution in [0.15, 0.2) is 24.4 Å². The quantitative estimate of drug-likeness (QED) is 0.607. The van der Waals surface area contributed by atoms with E-state index in [0.717, 1.165) is 6.07 Å². The standard InChI is InChI=1S/C7H5F2NO/c8-7(9,5-11)6-3-1-2-4-10-6/h1-5H. The number of aromatic nitrogens is 1. The number of nitrogens with zero attached hydrogens (tertiary/aromatic N) is 1. The molecule has 0 amide bonds. The van der Waals surface area contributed by atoms with Crippen molar-refractivity contribution in [2.75, 3.05) is 0 Å². The highest BCUT2D eigenvalue weighted by Gasteiger charge is 2.31. The fourth-order valence-corrected chi connectivity index (χ4v) is 0.620. The van der Waals surface area contributed by atoms with E-state index in [1.165, 1.54) is 18.3 Å². The SMILES string of the molecule is O=CC(F)(F)c1ccccn1. The molecule has 0 aliphatic heterocycles. The maximum Gasteiger partial charge on any atom is 0.343 e. The van der Waals surface area contributed by atoms with Crippen LogP contribution in [-0.2, 0) is 10.7 Å². The van der Waals surface area contributed by atoms with E-state index in [1.54, 1.807) is 0 Å². The molecular weight excluding hydrogens is 152 g/mol. The topological polar surface area (TPSA) is 30.0 Å². The van der Waals surface area contributed by atoms with Gasteiger partial charge in [-0.1, -0.05) is 6.07 Å². The van der Waals surface area contributed by atoms with Gasteiger partial charge in [0.2, 0.25) is 0 Å². The first-order chi connectivity index (χ1) is 5.17. The number of pyridine rings is 1. The van der Waals surface area contributed by atoms with Crippen molar-refractivity contribution in [1.29, 1.82) is 0 Å². The lowest BCUT2D eigenvalue weighted by molar-refractivity contribution is -0.130. The first-order valence-electron chi connectivity index (χ1n) is 2.92. The van der Waals surface area contributed by atoms with Gasteiger partial charge in [-0.3, -0.25) is 9.78 Å². The molecule has 0 saturated carbocycles. The van der Waals surface area contributed by atoms with Gasteiger partial charge in [-0.05, 0) is 12.1 Å². The van der Waals surface area contributed by atoms with Crippen LogP contribution in [0.1, 0.15) is 5.69 Å². The minimum absolute atomic E-state index is 0.421. The Kier molecular flexibility index (Phi) is 1.94. The third kappa shape index (κ3) is 1.58. The number of halogens is 2. The molecule has 2 nitrogen and oxygen atoms in total. The van der Waals surface area contributed by atoms with Crippen LogP contribution in [0, 0.1) is 0 Å². The van der Waals surface area contributed by atoms with Gasteiger partial charge in [0.15, 0.2) is 6.29 Å². The van der Waals surface area contributed by atoms with Crippen LogP contribution >= 0.6 is 0 Å². The lowest BCUT2D eigenvalue weighted by Gasteiger charge is -2.05. The minimum Gasteiger partial charge on any atom is -0.296 e. The van der Waals surface area contributed by atoms with Crippen molar-refractivity contribution in [2.45, 2.75) is 5.92 Å². The zero-order chi connectivity index (χ0) is 8.32. The number of hydrogen-bond acceptors (Lipinski definition) is 2. The molecule has 1 aromatic heterocycles. The normalized spacial score (nSPS) is 11.1. The third-order valence-corrected chi connectivity index (χ3v) is 1.15. The summed E-state index contributed by atoms with van der Waals surface area (Å²) in [5.74, 6) is -3.46. The summed E-state index contributed by atoms with van der Waals surface area (Å²) >= 11 is 0. The summed E-state index contributed by atoms with van der Waals surface area (Å²) in [5, 5.41) is 0. The van der Waals surface area contributed by atoms with Crippen LogP contribution in [0.2, 0.25) is 0 Å². The van der Waals surface area contributed by atoms with Gasteiger partial charge in [-0.25, -0.2) is 0 Å². The van der Waals surface area contributed by atoms with Crippen molar-refractivity contribution in [3.05, 3.63) is 30.1 Å². The zero-order valence-corrected chi connectivity index (χ0v) is 5.50. The third-order valence-electron chi connectivity index (χ3n) is 1.15. The Balaban J connectivity index is 3.02. The first-order valence-corrected chi connectivity index (χ1v) is 2.92. The molecule has 1 aromatic rings. The molecule has 0 aliphatic carbocycles. The van der Waals surface area contributed by atoms with Gasteiger partial charge in [0, 0.05) is 6.20 Å². The number of carbonyl (C=O) groups is 1. The van der Waals surface area contributed by atoms with E-state index in [2.05, 4.69) is 4.98 Å². The van der Waals surface area contributed by atoms with E-state index in [0.29, 0.717) is 0 Å². The molecule has 0 radical (unpaired) electrons. The van der Waals surface area contributed by atoms with Gasteiger partial charge in [-0.2, -0.15) is 8.78 Å². The molecule has 0 unspecified atom stereocenters. The van der Waals surface area contributed by atoms with Crippen LogP contribution in [-0.4, -0.2) is 11.3 Å². The predicted molar refractivity (Wildman–Crippen MR) is 34.2 cm³/mol. The summed E-state index contributed by atoms with van der Waals surface area (Å²) in [6, 6.07) is 4.01. The van der Waals surface area contributed by atoms with Gasteiger partial charge in [0.05, 0.1) is 0 Å². The van der Waals surface area contributed by atoms with E-state index in [-0.39, 0.29) is 0 Å². The van der Waals surface area contributed by atoms with Crippen LogP contribution < -0.4 is 0 Å². The smallest absolute Gasteiger partial charge is 0.296 e. The molecule has 58 valence electrons. The molecule has 1 rings (SSSR count). The Hall–Kier alpha value is -1.32. The second-order valence-corrected chi connectivity index (χ2v) is 1.96. The number of carbonyl (C=O) groups excluding carboxylic acids is 1. The van der Waals surface area contributed by atoms with Crippen LogP contribution in [0.25, 0.3) is 0 Å². The minimum atomic E-state index is -3.46. The van der Waals surface area contributed by atoms with Gasteiger partial charge in [0.25, 0.3) is 0 Å². The highest BCUT2D eigenvalue weighted by Crippen LogP contribution is 2.22. The van der Waals surface area contributed by atoms with E-state index in [9.17, 15) is 13.6 Å². The van der Waals surface area contributed by atoms with E-state index >= 15 is 0 Å². The van der Waals surface area contributed by atoms with E-state index in [4.69, 9.17) is 0 Å². The fourth-order valence-electron chi connectivity index (χ4n) is 0.620. The summed E-state index contributed by atoms with van der Waals surface area (Å²) in [7, 11) is 0. The van der Waals surface area contributed by atoms with Crippen molar-refractivity contribution in [3.63, 3.8) is 0 Å². The molecule has 0 aromatic carbocycles. The van der Waals surface area contributed by atoms with Crippen LogP contribution in [0.3, 0.4) is 0 Å². The number of hydrogen-bond donors (Lipinski definition) is 0. The summed E-state index contributed by atoms with van der Waals surface area (Å²) in [5.41, 5.74) is -0.519. The Morgan fingerprint density at radius 3 is 2.64 bits per heavy atom. The Labute approximate surface area is 61.9 Å². The van der Waals surface area contributed by atoms with Crippen LogP contribution in [0.4, 0.5) is 8.78 Å². The van der Waals surface area contributed by atoms with Gasteiger partial charge >= 0.3 is 5.92 Å². The average molecular weight is 157 g/mol. The van der Waals surface area contributed by atoms with Gasteiger partial charge < -0.3 is 0 Å². The fraction of sp³-hybridized carbons (Fsp3) is 0.143. The summed E-state index contributed by atoms with van der Waals surface area (Å²) in [6.45, 7) is 0. The van der Waals surface area contributed by atoms with E-state index in [1.807, 2.05) is 0 Å². The highest BCUT2D eigenvalue weighted by molar-refractivity contribution is 5.61. The molecule has 0 fully saturated rings. The molecule has 0 atom stereocenters. The summed E-state index contributed by atoms with van der Waals surface area (Å²) < 4.78 is 24.9. The summed E-state index contributed by atoms with van der Waals surface area (Å²) in [6.07, 6.45) is 0.794. The van der Waals surface area contributed by atoms with Gasteiger partial charge in [-0.15, -0.1) is 0 Å². The monoisotopic (exact) mass is 157 g/mol. The maximum atomic E-state index is 12.5. The molecular formula is C7H5F2NO. The van der Waals surface area contributed by atoms with Crippen molar-refractivity contribution in [1.82, 2.24) is 4.98 Å². The Morgan fingerprint density at radius 2 is 2.18 bits per heavy atom. The number of alkyl halides is 2. The molecule has 11 heavy (non-hydrogen) atoms. The van der Waals surface area contributed by atoms with Gasteiger partial charge in [0.1, 0.15) is 5.69 Å². The van der Waals surface area contributed by atoms with Crippen molar-refractivity contribution in [3.8, 4) is 0 Å². The Bertz CT molecular complexity index is 248. The molecule has 0 bridgehead atoms. The first kappa shape index (κ1) is 7.78. The number of aldehydes is 1. The second-order valence-electron chi connectivity index (χ2n) is 1.96. The lowest BCUT2D eigenvalue weighted by Crippen LogP contribution is -2.16. The molecule has 0 saturated heterocycles. The molecule has 0 N–H and O–H groups in total. The Morgan fingerprint density at radius 1 is 1.45 bits per heavy atom. The van der Waals surface area contributed by atoms with Crippen LogP contribution in [0.5, 0.6) is 0 Å². The lowest BCUT2D eigenvalue weighted by atomic mass is 10.2. The molecule has 0 aliphatic rings. The molecule has 4 heteroatoms. The largest absolute Gasteiger partial charge is 0.343 e. The summed E-state index contributed by atoms with van der Waals surface area (Å²) in [4.78, 5) is 13.2. The maximum absolute atomic E-state index is 12.5. The van der Waals surface area contributed by atoms with E-state index < -0.39 is 17.9 Å². The molecule has 0 spiro atoms. The second kappa shape index (κ2) is 2.74. The zero-order valence-electron chi connectivity index (χ0n) is 5.50. The van der Waals surface area contributed by atoms with Crippen molar-refractivity contribution in [2.24, 2.45) is 0 Å². The highest BCUT2D eigenvalue weighted by atomic mass is 19.3. The number of rotatable bonds is 2. The predicted octanol–water partition coefficient (Wildman–Crippen LogP) is 1.37. The molecule has 1 heterocycles. The van der Waals surface area contributed by atoms with Crippen molar-refractivity contribution < 1.29 is 13.6 Å².